The van der Waals surface area contributed by atoms with Gasteiger partial charge in [0, 0.05) is 18.6 Å². The highest BCUT2D eigenvalue weighted by Crippen LogP contribution is 2.19. The van der Waals surface area contributed by atoms with E-state index in [0.29, 0.717) is 0 Å². The zero-order chi connectivity index (χ0) is 12.5. The number of hydrogen-bond donors (Lipinski definition) is 1. The maximum absolute atomic E-state index is 4.35. The van der Waals surface area contributed by atoms with Crippen LogP contribution in [0.3, 0.4) is 0 Å². The monoisotopic (exact) mass is 239 g/mol. The van der Waals surface area contributed by atoms with E-state index in [1.165, 1.54) is 0 Å². The van der Waals surface area contributed by atoms with Crippen LogP contribution in [0.15, 0.2) is 36.8 Å². The lowest BCUT2D eigenvalue weighted by Gasteiger charge is -2.07. The second kappa shape index (κ2) is 4.10. The zero-order valence-corrected chi connectivity index (χ0v) is 10.3. The number of pyridine rings is 1. The summed E-state index contributed by atoms with van der Waals surface area (Å²) in [5, 5.41) is 7.61. The predicted octanol–water partition coefficient (Wildman–Crippen LogP) is 2.48. The normalized spacial score (nSPS) is 10.8. The van der Waals surface area contributed by atoms with E-state index in [9.17, 15) is 0 Å². The summed E-state index contributed by atoms with van der Waals surface area (Å²) in [6.45, 7) is 3.97. The Kier molecular flexibility index (Phi) is 2.44. The molecule has 0 saturated carbocycles. The average Bonchev–Trinajstić information content (AvgIpc) is 2.80. The molecule has 5 heteroatoms. The van der Waals surface area contributed by atoms with Gasteiger partial charge in [0.05, 0.1) is 11.4 Å². The van der Waals surface area contributed by atoms with Gasteiger partial charge in [-0.1, -0.05) is 6.07 Å². The third-order valence-electron chi connectivity index (χ3n) is 2.66. The first-order chi connectivity index (χ1) is 8.72. The fraction of sp³-hybridized carbons (Fsp3) is 0.154. The van der Waals surface area contributed by atoms with Crippen molar-refractivity contribution in [3.05, 3.63) is 48.0 Å². The Bertz CT molecular complexity index is 684. The second-order valence-electron chi connectivity index (χ2n) is 4.24. The van der Waals surface area contributed by atoms with Crippen LogP contribution in [0.2, 0.25) is 0 Å². The molecule has 0 bridgehead atoms. The summed E-state index contributed by atoms with van der Waals surface area (Å²) >= 11 is 0. The van der Waals surface area contributed by atoms with Crippen LogP contribution >= 0.6 is 0 Å². The Morgan fingerprint density at radius 3 is 2.83 bits per heavy atom. The van der Waals surface area contributed by atoms with Crippen molar-refractivity contribution in [3.8, 4) is 0 Å². The quantitative estimate of drug-likeness (QED) is 0.746. The van der Waals surface area contributed by atoms with E-state index in [4.69, 9.17) is 0 Å². The number of rotatable bonds is 2. The van der Waals surface area contributed by atoms with Crippen molar-refractivity contribution in [2.75, 3.05) is 5.32 Å². The van der Waals surface area contributed by atoms with E-state index in [2.05, 4.69) is 20.4 Å². The molecule has 3 heterocycles. The number of aryl methyl sites for hydroxylation is 2. The van der Waals surface area contributed by atoms with Gasteiger partial charge < -0.3 is 5.32 Å². The minimum Gasteiger partial charge on any atom is -0.337 e. The molecule has 0 amide bonds. The summed E-state index contributed by atoms with van der Waals surface area (Å²) in [6, 6.07) is 5.93. The molecule has 3 aromatic heterocycles. The summed E-state index contributed by atoms with van der Waals surface area (Å²) in [7, 11) is 0. The lowest BCUT2D eigenvalue weighted by atomic mass is 10.3. The molecule has 0 saturated heterocycles. The molecular formula is C13H13N5. The topological polar surface area (TPSA) is 55.1 Å². The van der Waals surface area contributed by atoms with Crippen LogP contribution in [0.4, 0.5) is 11.5 Å². The third-order valence-corrected chi connectivity index (χ3v) is 2.66. The highest BCUT2D eigenvalue weighted by Gasteiger charge is 2.05. The van der Waals surface area contributed by atoms with Gasteiger partial charge in [0.1, 0.15) is 5.82 Å². The van der Waals surface area contributed by atoms with Gasteiger partial charge in [-0.05, 0) is 31.5 Å². The van der Waals surface area contributed by atoms with Crippen molar-refractivity contribution in [1.82, 2.24) is 19.6 Å². The summed E-state index contributed by atoms with van der Waals surface area (Å²) in [4.78, 5) is 8.61. The van der Waals surface area contributed by atoms with E-state index >= 15 is 0 Å². The summed E-state index contributed by atoms with van der Waals surface area (Å²) in [5.74, 6) is 0.802. The first-order valence-corrected chi connectivity index (χ1v) is 5.73. The van der Waals surface area contributed by atoms with Gasteiger partial charge in [0.25, 0.3) is 0 Å². The number of fused-ring (bicyclic) bond motifs is 1. The number of hydrogen-bond acceptors (Lipinski definition) is 4. The number of anilines is 2. The summed E-state index contributed by atoms with van der Waals surface area (Å²) in [6.07, 6.45) is 5.39. The number of imidazole rings is 1. The van der Waals surface area contributed by atoms with Crippen molar-refractivity contribution in [1.29, 1.82) is 0 Å². The highest BCUT2D eigenvalue weighted by molar-refractivity contribution is 5.72. The highest BCUT2D eigenvalue weighted by atomic mass is 15.3. The van der Waals surface area contributed by atoms with Gasteiger partial charge in [-0.3, -0.25) is 0 Å². The molecule has 0 aromatic carbocycles. The van der Waals surface area contributed by atoms with E-state index in [0.717, 1.165) is 28.4 Å². The fourth-order valence-corrected chi connectivity index (χ4v) is 1.81. The van der Waals surface area contributed by atoms with Crippen LogP contribution in [-0.4, -0.2) is 19.6 Å². The average molecular weight is 239 g/mol. The molecular weight excluding hydrogens is 226 g/mol. The molecule has 0 unspecified atom stereocenters. The Balaban J connectivity index is 2.03. The van der Waals surface area contributed by atoms with E-state index < -0.39 is 0 Å². The molecule has 0 radical (unpaired) electrons. The molecule has 0 fully saturated rings. The van der Waals surface area contributed by atoms with E-state index in [1.807, 2.05) is 44.4 Å². The summed E-state index contributed by atoms with van der Waals surface area (Å²) < 4.78 is 1.76. The van der Waals surface area contributed by atoms with Crippen LogP contribution in [0.5, 0.6) is 0 Å². The minimum absolute atomic E-state index is 0.794. The van der Waals surface area contributed by atoms with Crippen LogP contribution in [0.25, 0.3) is 5.65 Å². The molecule has 18 heavy (non-hydrogen) atoms. The van der Waals surface area contributed by atoms with Crippen molar-refractivity contribution in [2.24, 2.45) is 0 Å². The minimum atomic E-state index is 0.794. The molecule has 5 nitrogen and oxygen atoms in total. The van der Waals surface area contributed by atoms with Gasteiger partial charge >= 0.3 is 0 Å². The third kappa shape index (κ3) is 1.90. The van der Waals surface area contributed by atoms with Gasteiger partial charge in [-0.25, -0.2) is 14.5 Å². The Morgan fingerprint density at radius 1 is 1.17 bits per heavy atom. The van der Waals surface area contributed by atoms with Crippen molar-refractivity contribution < 1.29 is 0 Å². The number of nitrogens with zero attached hydrogens (tertiary/aromatic N) is 4. The van der Waals surface area contributed by atoms with Gasteiger partial charge in [-0.15, -0.1) is 0 Å². The summed E-state index contributed by atoms with van der Waals surface area (Å²) in [5.41, 5.74) is 3.76. The Labute approximate surface area is 105 Å². The number of aromatic nitrogens is 4. The van der Waals surface area contributed by atoms with Crippen molar-refractivity contribution >= 4 is 17.2 Å². The zero-order valence-electron chi connectivity index (χ0n) is 10.3. The maximum Gasteiger partial charge on any atom is 0.177 e. The smallest absolute Gasteiger partial charge is 0.177 e. The SMILES string of the molecule is Cc1ccc(Nc2cc(C)nn3ccnc23)nc1. The maximum atomic E-state index is 4.35. The van der Waals surface area contributed by atoms with Gasteiger partial charge in [0.2, 0.25) is 0 Å². The Morgan fingerprint density at radius 2 is 2.06 bits per heavy atom. The molecule has 0 atom stereocenters. The molecule has 0 aliphatic carbocycles. The number of nitrogens with one attached hydrogen (secondary N) is 1. The van der Waals surface area contributed by atoms with Crippen LogP contribution < -0.4 is 5.32 Å². The van der Waals surface area contributed by atoms with Gasteiger partial charge in [0.15, 0.2) is 5.65 Å². The molecule has 0 aliphatic rings. The second-order valence-corrected chi connectivity index (χ2v) is 4.24. The molecule has 0 aliphatic heterocycles. The van der Waals surface area contributed by atoms with Crippen molar-refractivity contribution in [2.45, 2.75) is 13.8 Å². The molecule has 90 valence electrons. The molecule has 0 spiro atoms. The van der Waals surface area contributed by atoms with E-state index in [1.54, 1.807) is 10.7 Å². The standard InChI is InChI=1S/C13H13N5/c1-9-3-4-12(15-8-9)16-11-7-10(2)17-18-6-5-14-13(11)18/h3-8H,1-2H3,(H,15,16). The predicted molar refractivity (Wildman–Crippen MR) is 70.0 cm³/mol. The molecule has 1 N–H and O–H groups in total. The van der Waals surface area contributed by atoms with Crippen LogP contribution in [0, 0.1) is 13.8 Å². The fourth-order valence-electron chi connectivity index (χ4n) is 1.81. The first-order valence-electron chi connectivity index (χ1n) is 5.73. The Hall–Kier alpha value is -2.43. The first kappa shape index (κ1) is 10.7. The molecule has 3 rings (SSSR count). The van der Waals surface area contributed by atoms with Crippen LogP contribution in [-0.2, 0) is 0 Å². The van der Waals surface area contributed by atoms with E-state index in [-0.39, 0.29) is 0 Å². The lowest BCUT2D eigenvalue weighted by Crippen LogP contribution is -2.00. The van der Waals surface area contributed by atoms with Gasteiger partial charge in [-0.2, -0.15) is 5.10 Å². The molecule has 3 aromatic rings. The van der Waals surface area contributed by atoms with Crippen molar-refractivity contribution in [3.63, 3.8) is 0 Å². The largest absolute Gasteiger partial charge is 0.337 e. The van der Waals surface area contributed by atoms with Crippen LogP contribution in [0.1, 0.15) is 11.3 Å². The lowest BCUT2D eigenvalue weighted by molar-refractivity contribution is 0.902.